The normalized spacial score (nSPS) is 18.3. The number of rotatable bonds is 5. The predicted molar refractivity (Wildman–Crippen MR) is 121 cm³/mol. The number of ether oxygens (including phenoxy) is 1. The van der Waals surface area contributed by atoms with E-state index in [1.165, 1.54) is 12.7 Å². The number of benzene rings is 2. The van der Waals surface area contributed by atoms with Gasteiger partial charge in [0.2, 0.25) is 5.91 Å². The van der Waals surface area contributed by atoms with Crippen molar-refractivity contribution in [3.63, 3.8) is 0 Å². The SMILES string of the molecule is COC(=O)C(c1ccc(Cl)cc1)N1CCN(CC(=O)N2CCCc3ccccc32)CC1. The number of carbonyl (C=O) groups is 2. The summed E-state index contributed by atoms with van der Waals surface area (Å²) in [5, 5.41) is 0.634. The Morgan fingerprint density at radius 2 is 1.71 bits per heavy atom. The summed E-state index contributed by atoms with van der Waals surface area (Å²) >= 11 is 6.01. The summed E-state index contributed by atoms with van der Waals surface area (Å²) in [7, 11) is 1.41. The summed E-state index contributed by atoms with van der Waals surface area (Å²) in [6.07, 6.45) is 2.02. The highest BCUT2D eigenvalue weighted by Crippen LogP contribution is 2.28. The number of fused-ring (bicyclic) bond motifs is 1. The zero-order valence-electron chi connectivity index (χ0n) is 17.8. The van der Waals surface area contributed by atoms with Crippen molar-refractivity contribution >= 4 is 29.2 Å². The molecule has 2 aliphatic heterocycles. The zero-order chi connectivity index (χ0) is 21.8. The van der Waals surface area contributed by atoms with Gasteiger partial charge in [0.1, 0.15) is 6.04 Å². The third kappa shape index (κ3) is 4.92. The molecule has 2 aromatic rings. The molecule has 2 aliphatic rings. The smallest absolute Gasteiger partial charge is 0.327 e. The first kappa shape index (κ1) is 21.8. The van der Waals surface area contributed by atoms with Gasteiger partial charge in [-0.3, -0.25) is 14.6 Å². The second kappa shape index (κ2) is 9.81. The number of anilines is 1. The lowest BCUT2D eigenvalue weighted by Gasteiger charge is -2.39. The number of halogens is 1. The molecule has 164 valence electrons. The van der Waals surface area contributed by atoms with Gasteiger partial charge >= 0.3 is 5.97 Å². The zero-order valence-corrected chi connectivity index (χ0v) is 18.6. The topological polar surface area (TPSA) is 53.1 Å². The number of para-hydroxylation sites is 1. The van der Waals surface area contributed by atoms with Crippen LogP contribution < -0.4 is 4.90 Å². The van der Waals surface area contributed by atoms with E-state index in [-0.39, 0.29) is 11.9 Å². The van der Waals surface area contributed by atoms with E-state index in [9.17, 15) is 9.59 Å². The fraction of sp³-hybridized carbons (Fsp3) is 0.417. The van der Waals surface area contributed by atoms with Crippen LogP contribution >= 0.6 is 11.6 Å². The van der Waals surface area contributed by atoms with Gasteiger partial charge in [-0.15, -0.1) is 0 Å². The van der Waals surface area contributed by atoms with Crippen molar-refractivity contribution in [1.82, 2.24) is 9.80 Å². The lowest BCUT2D eigenvalue weighted by molar-refractivity contribution is -0.148. The third-order valence-corrected chi connectivity index (χ3v) is 6.40. The van der Waals surface area contributed by atoms with Crippen molar-refractivity contribution in [2.45, 2.75) is 18.9 Å². The van der Waals surface area contributed by atoms with Gasteiger partial charge < -0.3 is 9.64 Å². The molecule has 1 amide bonds. The molecule has 0 aromatic heterocycles. The first-order valence-electron chi connectivity index (χ1n) is 10.7. The lowest BCUT2D eigenvalue weighted by Crippen LogP contribution is -2.52. The first-order chi connectivity index (χ1) is 15.1. The molecule has 0 radical (unpaired) electrons. The van der Waals surface area contributed by atoms with E-state index in [0.717, 1.165) is 43.7 Å². The summed E-state index contributed by atoms with van der Waals surface area (Å²) in [4.78, 5) is 31.8. The van der Waals surface area contributed by atoms with E-state index in [1.807, 2.05) is 35.2 Å². The van der Waals surface area contributed by atoms with E-state index in [4.69, 9.17) is 16.3 Å². The Kier molecular flexibility index (Phi) is 6.90. The van der Waals surface area contributed by atoms with Crippen LogP contribution in [-0.2, 0) is 20.7 Å². The fourth-order valence-electron chi connectivity index (χ4n) is 4.50. The number of amides is 1. The molecule has 1 unspecified atom stereocenters. The van der Waals surface area contributed by atoms with Crippen LogP contribution in [0, 0.1) is 0 Å². The lowest BCUT2D eigenvalue weighted by atomic mass is 10.0. The second-order valence-corrected chi connectivity index (χ2v) is 8.50. The van der Waals surface area contributed by atoms with Crippen molar-refractivity contribution in [2.24, 2.45) is 0 Å². The minimum atomic E-state index is -0.464. The Morgan fingerprint density at radius 3 is 2.42 bits per heavy atom. The van der Waals surface area contributed by atoms with Crippen molar-refractivity contribution in [1.29, 1.82) is 0 Å². The number of carbonyl (C=O) groups excluding carboxylic acids is 2. The monoisotopic (exact) mass is 441 g/mol. The third-order valence-electron chi connectivity index (χ3n) is 6.15. The van der Waals surface area contributed by atoms with E-state index in [1.54, 1.807) is 12.1 Å². The standard InChI is InChI=1S/C24H28ClN3O3/c1-31-24(30)23(19-8-10-20(25)11-9-19)27-15-13-26(14-16-27)17-22(29)28-12-4-6-18-5-2-3-7-21(18)28/h2-3,5,7-11,23H,4,6,12-17H2,1H3. The van der Waals surface area contributed by atoms with Gasteiger partial charge in [-0.1, -0.05) is 41.9 Å². The number of piperazine rings is 1. The number of methoxy groups -OCH3 is 1. The van der Waals surface area contributed by atoms with Crippen LogP contribution in [0.4, 0.5) is 5.69 Å². The predicted octanol–water partition coefficient (Wildman–Crippen LogP) is 3.15. The van der Waals surface area contributed by atoms with Crippen LogP contribution in [0.3, 0.4) is 0 Å². The number of hydrogen-bond donors (Lipinski definition) is 0. The molecule has 0 saturated carbocycles. The average molecular weight is 442 g/mol. The van der Waals surface area contributed by atoms with Gasteiger partial charge in [0.05, 0.1) is 13.7 Å². The average Bonchev–Trinajstić information content (AvgIpc) is 2.81. The van der Waals surface area contributed by atoms with Gasteiger partial charge in [0.15, 0.2) is 0 Å². The number of aryl methyl sites for hydroxylation is 1. The summed E-state index contributed by atoms with van der Waals surface area (Å²) in [6, 6.07) is 15.0. The minimum absolute atomic E-state index is 0.141. The van der Waals surface area contributed by atoms with Gasteiger partial charge in [-0.05, 0) is 42.2 Å². The number of hydrogen-bond acceptors (Lipinski definition) is 5. The largest absolute Gasteiger partial charge is 0.468 e. The second-order valence-electron chi connectivity index (χ2n) is 8.07. The molecule has 1 saturated heterocycles. The molecule has 2 aromatic carbocycles. The van der Waals surface area contributed by atoms with Crippen LogP contribution in [0.15, 0.2) is 48.5 Å². The molecule has 0 N–H and O–H groups in total. The molecule has 1 fully saturated rings. The molecule has 0 aliphatic carbocycles. The van der Waals surface area contributed by atoms with Gasteiger partial charge in [-0.2, -0.15) is 0 Å². The van der Waals surface area contributed by atoms with Crippen molar-refractivity contribution in [3.05, 3.63) is 64.7 Å². The molecule has 7 heteroatoms. The molecular weight excluding hydrogens is 414 g/mol. The Labute approximate surface area is 188 Å². The maximum absolute atomic E-state index is 13.0. The van der Waals surface area contributed by atoms with Gasteiger partial charge in [0.25, 0.3) is 0 Å². The highest BCUT2D eigenvalue weighted by atomic mass is 35.5. The van der Waals surface area contributed by atoms with Crippen LogP contribution in [-0.4, -0.2) is 68.1 Å². The summed E-state index contributed by atoms with van der Waals surface area (Å²) in [6.45, 7) is 3.99. The minimum Gasteiger partial charge on any atom is -0.468 e. The van der Waals surface area contributed by atoms with Gasteiger partial charge in [0, 0.05) is 43.4 Å². The summed E-state index contributed by atoms with van der Waals surface area (Å²) in [5.74, 6) is -0.139. The Hall–Kier alpha value is -2.41. The van der Waals surface area contributed by atoms with Crippen LogP contribution in [0.1, 0.15) is 23.6 Å². The van der Waals surface area contributed by atoms with E-state index in [2.05, 4.69) is 15.9 Å². The molecule has 1 atom stereocenters. The Bertz CT molecular complexity index is 926. The molecule has 0 spiro atoms. The Morgan fingerprint density at radius 1 is 1.00 bits per heavy atom. The highest BCUT2D eigenvalue weighted by molar-refractivity contribution is 6.30. The van der Waals surface area contributed by atoms with Crippen LogP contribution in [0.25, 0.3) is 0 Å². The quantitative estimate of drug-likeness (QED) is 0.667. The number of nitrogens with zero attached hydrogens (tertiary/aromatic N) is 3. The van der Waals surface area contributed by atoms with Crippen LogP contribution in [0.5, 0.6) is 0 Å². The Balaban J connectivity index is 1.38. The van der Waals surface area contributed by atoms with E-state index >= 15 is 0 Å². The summed E-state index contributed by atoms with van der Waals surface area (Å²) in [5.41, 5.74) is 3.16. The molecule has 2 heterocycles. The molecular formula is C24H28ClN3O3. The van der Waals surface area contributed by atoms with Crippen molar-refractivity contribution in [3.8, 4) is 0 Å². The van der Waals surface area contributed by atoms with Gasteiger partial charge in [-0.25, -0.2) is 4.79 Å². The molecule has 4 rings (SSSR count). The van der Waals surface area contributed by atoms with Crippen LogP contribution in [0.2, 0.25) is 5.02 Å². The molecule has 0 bridgehead atoms. The van der Waals surface area contributed by atoms with E-state index in [0.29, 0.717) is 24.7 Å². The summed E-state index contributed by atoms with van der Waals surface area (Å²) < 4.78 is 5.07. The molecule has 6 nitrogen and oxygen atoms in total. The van der Waals surface area contributed by atoms with Crippen molar-refractivity contribution in [2.75, 3.05) is 51.3 Å². The molecule has 31 heavy (non-hydrogen) atoms. The highest BCUT2D eigenvalue weighted by Gasteiger charge is 2.32. The van der Waals surface area contributed by atoms with Crippen molar-refractivity contribution < 1.29 is 14.3 Å². The maximum Gasteiger partial charge on any atom is 0.327 e. The number of esters is 1. The first-order valence-corrected chi connectivity index (χ1v) is 11.1. The maximum atomic E-state index is 13.0. The van der Waals surface area contributed by atoms with E-state index < -0.39 is 6.04 Å². The fourth-order valence-corrected chi connectivity index (χ4v) is 4.63.